The summed E-state index contributed by atoms with van der Waals surface area (Å²) in [5.41, 5.74) is 3.62. The number of hydrogen-bond donors (Lipinski definition) is 0. The third-order valence-corrected chi connectivity index (χ3v) is 6.12. The van der Waals surface area contributed by atoms with Gasteiger partial charge in [0.05, 0.1) is 11.2 Å². The molecule has 1 aliphatic rings. The average Bonchev–Trinajstić information content (AvgIpc) is 2.77. The van der Waals surface area contributed by atoms with E-state index in [0.29, 0.717) is 11.9 Å². The van der Waals surface area contributed by atoms with Crippen LogP contribution in [0.2, 0.25) is 0 Å². The van der Waals surface area contributed by atoms with Crippen molar-refractivity contribution in [3.63, 3.8) is 0 Å². The van der Waals surface area contributed by atoms with E-state index in [-0.39, 0.29) is 11.6 Å². The van der Waals surface area contributed by atoms with Gasteiger partial charge in [0.25, 0.3) is 11.4 Å². The fourth-order valence-corrected chi connectivity index (χ4v) is 4.35. The van der Waals surface area contributed by atoms with E-state index in [0.717, 1.165) is 42.8 Å². The molecule has 6 heteroatoms. The van der Waals surface area contributed by atoms with Gasteiger partial charge in [-0.3, -0.25) is 9.69 Å². The number of rotatable bonds is 4. The van der Waals surface area contributed by atoms with Crippen LogP contribution in [-0.4, -0.2) is 46.2 Å². The number of nitrogens with zero attached hydrogens (tertiary/aromatic N) is 5. The molecule has 0 amide bonds. The van der Waals surface area contributed by atoms with Crippen molar-refractivity contribution in [1.29, 1.82) is 0 Å². The van der Waals surface area contributed by atoms with E-state index in [1.807, 2.05) is 6.07 Å². The molecule has 3 heterocycles. The minimum absolute atomic E-state index is 0.0544. The molecule has 0 bridgehead atoms. The lowest BCUT2D eigenvalue weighted by molar-refractivity contribution is 0.168. The molecule has 1 aliphatic heterocycles. The summed E-state index contributed by atoms with van der Waals surface area (Å²) in [7, 11) is 1.75. The Morgan fingerprint density at radius 1 is 1.10 bits per heavy atom. The van der Waals surface area contributed by atoms with Crippen molar-refractivity contribution in [3.05, 3.63) is 75.9 Å². The second kappa shape index (κ2) is 8.29. The molecule has 30 heavy (non-hydrogen) atoms. The van der Waals surface area contributed by atoms with Crippen LogP contribution < -0.4 is 10.5 Å². The number of fused-ring (bicyclic) bond motifs is 1. The van der Waals surface area contributed by atoms with Gasteiger partial charge in [0.15, 0.2) is 0 Å². The highest BCUT2D eigenvalue weighted by Gasteiger charge is 2.31. The first-order chi connectivity index (χ1) is 14.5. The van der Waals surface area contributed by atoms with Gasteiger partial charge in [-0.1, -0.05) is 36.9 Å². The Kier molecular flexibility index (Phi) is 5.56. The van der Waals surface area contributed by atoms with E-state index < -0.39 is 0 Å². The van der Waals surface area contributed by atoms with Crippen LogP contribution in [0.1, 0.15) is 19.4 Å². The second-order valence-corrected chi connectivity index (χ2v) is 8.16. The number of benzene rings is 1. The highest BCUT2D eigenvalue weighted by Crippen LogP contribution is 2.30. The van der Waals surface area contributed by atoms with Gasteiger partial charge in [-0.25, -0.2) is 0 Å². The van der Waals surface area contributed by atoms with E-state index in [4.69, 9.17) is 6.57 Å². The van der Waals surface area contributed by atoms with E-state index >= 15 is 0 Å². The Bertz CT molecular complexity index is 1150. The lowest BCUT2D eigenvalue weighted by Gasteiger charge is -2.45. The van der Waals surface area contributed by atoms with Crippen molar-refractivity contribution in [2.24, 2.45) is 7.05 Å². The number of aryl methyl sites for hydroxylation is 1. The predicted molar refractivity (Wildman–Crippen MR) is 121 cm³/mol. The normalized spacial score (nSPS) is 19.7. The molecule has 4 rings (SSSR count). The SMILES string of the molecule is [C-]#[N+]c1ccc2c(n1)c(N1C[C@@H](C)N(CCc3ccccc3)C[C@@H]1C)cc(=O)n2C. The van der Waals surface area contributed by atoms with Crippen LogP contribution in [0.3, 0.4) is 0 Å². The molecule has 6 nitrogen and oxygen atoms in total. The largest absolute Gasteiger partial charge is 0.362 e. The Labute approximate surface area is 177 Å². The Morgan fingerprint density at radius 2 is 1.87 bits per heavy atom. The molecule has 154 valence electrons. The number of pyridine rings is 2. The van der Waals surface area contributed by atoms with Crippen LogP contribution in [0.25, 0.3) is 15.9 Å². The molecule has 0 saturated carbocycles. The van der Waals surface area contributed by atoms with Gasteiger partial charge in [0.2, 0.25) is 5.52 Å². The maximum absolute atomic E-state index is 12.6. The standard InChI is InChI=1S/C24H27N5O/c1-17-16-29(18(2)15-28(17)13-12-19-8-6-5-7-9-19)21-14-23(30)27(4)20-10-11-22(25-3)26-24(20)21/h5-11,14,17-18H,12-13,15-16H2,1-2,4H3/t17-,18+/m1/s1. The Balaban J connectivity index is 1.61. The van der Waals surface area contributed by atoms with Gasteiger partial charge in [-0.2, -0.15) is 0 Å². The van der Waals surface area contributed by atoms with Crippen molar-refractivity contribution >= 4 is 22.5 Å². The zero-order chi connectivity index (χ0) is 21.3. The lowest BCUT2D eigenvalue weighted by Crippen LogP contribution is -2.57. The molecule has 0 unspecified atom stereocenters. The summed E-state index contributed by atoms with van der Waals surface area (Å²) in [5.74, 6) is 0.351. The van der Waals surface area contributed by atoms with Crippen molar-refractivity contribution in [1.82, 2.24) is 14.5 Å². The number of hydrogen-bond acceptors (Lipinski definition) is 4. The summed E-state index contributed by atoms with van der Waals surface area (Å²) >= 11 is 0. The zero-order valence-corrected chi connectivity index (χ0v) is 17.7. The van der Waals surface area contributed by atoms with Crippen LogP contribution in [0, 0.1) is 6.57 Å². The van der Waals surface area contributed by atoms with Gasteiger partial charge >= 0.3 is 0 Å². The van der Waals surface area contributed by atoms with Crippen molar-refractivity contribution in [2.75, 3.05) is 24.5 Å². The summed E-state index contributed by atoms with van der Waals surface area (Å²) in [6, 6.07) is 16.3. The molecule has 0 N–H and O–H groups in total. The van der Waals surface area contributed by atoms with Gasteiger partial charge < -0.3 is 14.3 Å². The third kappa shape index (κ3) is 3.81. The lowest BCUT2D eigenvalue weighted by atomic mass is 10.0. The van der Waals surface area contributed by atoms with Gasteiger partial charge in [-0.15, -0.1) is 4.98 Å². The fraction of sp³-hybridized carbons (Fsp3) is 0.375. The monoisotopic (exact) mass is 401 g/mol. The van der Waals surface area contributed by atoms with Crippen LogP contribution in [0.4, 0.5) is 11.5 Å². The van der Waals surface area contributed by atoms with Gasteiger partial charge in [0, 0.05) is 44.8 Å². The van der Waals surface area contributed by atoms with E-state index in [1.54, 1.807) is 23.7 Å². The minimum Gasteiger partial charge on any atom is -0.362 e. The van der Waals surface area contributed by atoms with Crippen LogP contribution in [0.5, 0.6) is 0 Å². The maximum Gasteiger partial charge on any atom is 0.270 e. The molecule has 2 atom stereocenters. The first kappa shape index (κ1) is 20.1. The highest BCUT2D eigenvalue weighted by molar-refractivity contribution is 5.89. The summed E-state index contributed by atoms with van der Waals surface area (Å²) in [4.78, 5) is 25.4. The van der Waals surface area contributed by atoms with E-state index in [2.05, 4.69) is 63.8 Å². The Morgan fingerprint density at radius 3 is 2.60 bits per heavy atom. The molecule has 0 radical (unpaired) electrons. The average molecular weight is 402 g/mol. The van der Waals surface area contributed by atoms with Crippen molar-refractivity contribution < 1.29 is 0 Å². The van der Waals surface area contributed by atoms with E-state index in [1.165, 1.54) is 5.56 Å². The van der Waals surface area contributed by atoms with Gasteiger partial charge in [-0.05, 0) is 38.0 Å². The highest BCUT2D eigenvalue weighted by atomic mass is 16.1. The number of piperazine rings is 1. The second-order valence-electron chi connectivity index (χ2n) is 8.16. The summed E-state index contributed by atoms with van der Waals surface area (Å²) in [5, 5.41) is 0. The smallest absolute Gasteiger partial charge is 0.270 e. The zero-order valence-electron chi connectivity index (χ0n) is 17.7. The van der Waals surface area contributed by atoms with Crippen LogP contribution >= 0.6 is 0 Å². The van der Waals surface area contributed by atoms with Gasteiger partial charge in [0.1, 0.15) is 0 Å². The molecule has 2 aromatic heterocycles. The van der Waals surface area contributed by atoms with Crippen LogP contribution in [0.15, 0.2) is 53.3 Å². The van der Waals surface area contributed by atoms with E-state index in [9.17, 15) is 4.79 Å². The number of anilines is 1. The van der Waals surface area contributed by atoms with Crippen molar-refractivity contribution in [3.8, 4) is 0 Å². The molecule has 1 fully saturated rings. The quantitative estimate of drug-likeness (QED) is 0.627. The topological polar surface area (TPSA) is 45.7 Å². The molecular formula is C24H27N5O. The summed E-state index contributed by atoms with van der Waals surface area (Å²) in [6.07, 6.45) is 1.03. The van der Waals surface area contributed by atoms with Crippen molar-refractivity contribution in [2.45, 2.75) is 32.4 Å². The maximum atomic E-state index is 12.6. The molecule has 3 aromatic rings. The minimum atomic E-state index is -0.0544. The molecule has 1 aromatic carbocycles. The summed E-state index contributed by atoms with van der Waals surface area (Å²) in [6.45, 7) is 14.5. The molecule has 0 aliphatic carbocycles. The fourth-order valence-electron chi connectivity index (χ4n) is 4.35. The summed E-state index contributed by atoms with van der Waals surface area (Å²) < 4.78 is 1.60. The predicted octanol–water partition coefficient (Wildman–Crippen LogP) is 3.63. The molecule has 1 saturated heterocycles. The first-order valence-corrected chi connectivity index (χ1v) is 10.4. The first-order valence-electron chi connectivity index (χ1n) is 10.4. The molecular weight excluding hydrogens is 374 g/mol. The Hall–Kier alpha value is -3.17. The molecule has 0 spiro atoms. The third-order valence-electron chi connectivity index (χ3n) is 6.12. The number of aromatic nitrogens is 2. The van der Waals surface area contributed by atoms with Crippen LogP contribution in [-0.2, 0) is 13.5 Å².